The summed E-state index contributed by atoms with van der Waals surface area (Å²) in [5.41, 5.74) is 6.52. The van der Waals surface area contributed by atoms with Crippen LogP contribution >= 0.6 is 0 Å². The van der Waals surface area contributed by atoms with Crippen molar-refractivity contribution in [2.75, 3.05) is 10.6 Å². The number of para-hydroxylation sites is 1. The molecule has 1 heterocycles. The molecule has 0 spiro atoms. The first-order valence-electron chi connectivity index (χ1n) is 7.48. The van der Waals surface area contributed by atoms with Crippen LogP contribution in [0.5, 0.6) is 0 Å². The highest BCUT2D eigenvalue weighted by atomic mass is 16.1. The second kappa shape index (κ2) is 6.43. The average molecular weight is 297 g/mol. The predicted octanol–water partition coefficient (Wildman–Crippen LogP) is 2.67. The number of hydrogen-bond acceptors (Lipinski definition) is 5. The minimum atomic E-state index is -0.550. The number of carbonyl (C=O) groups excluding carboxylic acids is 1. The zero-order chi connectivity index (χ0) is 15.4. The number of benzene rings is 1. The number of aromatic nitrogens is 2. The Bertz CT molecular complexity index is 653. The first-order valence-corrected chi connectivity index (χ1v) is 7.48. The van der Waals surface area contributed by atoms with E-state index >= 15 is 0 Å². The molecule has 0 bridgehead atoms. The highest BCUT2D eigenvalue weighted by molar-refractivity contribution is 5.98. The summed E-state index contributed by atoms with van der Waals surface area (Å²) in [5.74, 6) is 0.398. The Morgan fingerprint density at radius 2 is 1.91 bits per heavy atom. The summed E-state index contributed by atoms with van der Waals surface area (Å²) in [6.45, 7) is 0. The Morgan fingerprint density at radius 1 is 1.18 bits per heavy atom. The van der Waals surface area contributed by atoms with Crippen LogP contribution in [0.25, 0.3) is 0 Å². The van der Waals surface area contributed by atoms with Crippen LogP contribution < -0.4 is 16.4 Å². The topological polar surface area (TPSA) is 92.9 Å². The van der Waals surface area contributed by atoms with Gasteiger partial charge in [-0.25, -0.2) is 4.98 Å². The summed E-state index contributed by atoms with van der Waals surface area (Å²) < 4.78 is 0. The fourth-order valence-electron chi connectivity index (χ4n) is 2.64. The molecule has 0 atom stereocenters. The molecule has 22 heavy (non-hydrogen) atoms. The fraction of sp³-hybridized carbons (Fsp3) is 0.312. The number of anilines is 3. The molecule has 1 aliphatic carbocycles. The van der Waals surface area contributed by atoms with Crippen molar-refractivity contribution in [3.63, 3.8) is 0 Å². The van der Waals surface area contributed by atoms with E-state index in [4.69, 9.17) is 5.73 Å². The van der Waals surface area contributed by atoms with Gasteiger partial charge >= 0.3 is 0 Å². The van der Waals surface area contributed by atoms with Crippen LogP contribution in [0.1, 0.15) is 36.0 Å². The van der Waals surface area contributed by atoms with Crippen LogP contribution in [-0.4, -0.2) is 21.9 Å². The lowest BCUT2D eigenvalue weighted by molar-refractivity contribution is 0.100. The second-order valence-electron chi connectivity index (χ2n) is 5.44. The first kappa shape index (κ1) is 14.3. The van der Waals surface area contributed by atoms with E-state index in [1.807, 2.05) is 30.3 Å². The maximum atomic E-state index is 11.5. The molecule has 2 aromatic rings. The van der Waals surface area contributed by atoms with Gasteiger partial charge in [0, 0.05) is 17.9 Å². The number of nitrogens with one attached hydrogen (secondary N) is 2. The van der Waals surface area contributed by atoms with E-state index in [1.54, 1.807) is 0 Å². The van der Waals surface area contributed by atoms with Gasteiger partial charge in [-0.05, 0) is 25.0 Å². The lowest BCUT2D eigenvalue weighted by Crippen LogP contribution is -2.19. The monoisotopic (exact) mass is 297 g/mol. The number of nitrogens with two attached hydrogens (primary N) is 1. The largest absolute Gasteiger partial charge is 0.365 e. The maximum absolute atomic E-state index is 11.5. The van der Waals surface area contributed by atoms with Gasteiger partial charge in [0.15, 0.2) is 0 Å². The molecular weight excluding hydrogens is 278 g/mol. The molecule has 1 aromatic carbocycles. The summed E-state index contributed by atoms with van der Waals surface area (Å²) >= 11 is 0. The lowest BCUT2D eigenvalue weighted by atomic mass is 10.2. The molecule has 0 unspecified atom stereocenters. The third-order valence-electron chi connectivity index (χ3n) is 3.78. The highest BCUT2D eigenvalue weighted by Gasteiger charge is 2.17. The van der Waals surface area contributed by atoms with Gasteiger partial charge in [-0.15, -0.1) is 0 Å². The van der Waals surface area contributed by atoms with E-state index in [2.05, 4.69) is 20.6 Å². The zero-order valence-electron chi connectivity index (χ0n) is 12.2. The highest BCUT2D eigenvalue weighted by Crippen LogP contribution is 2.23. The van der Waals surface area contributed by atoms with Crippen LogP contribution in [0.15, 0.2) is 36.5 Å². The van der Waals surface area contributed by atoms with E-state index in [0.717, 1.165) is 18.5 Å². The quantitative estimate of drug-likeness (QED) is 0.789. The summed E-state index contributed by atoms with van der Waals surface area (Å²) in [5, 5.41) is 6.45. The Hall–Kier alpha value is -2.63. The Kier molecular flexibility index (Phi) is 4.18. The number of primary amides is 1. The first-order chi connectivity index (χ1) is 10.7. The predicted molar refractivity (Wildman–Crippen MR) is 86.2 cm³/mol. The van der Waals surface area contributed by atoms with E-state index in [0.29, 0.717) is 17.8 Å². The van der Waals surface area contributed by atoms with Crippen LogP contribution in [0.4, 0.5) is 17.5 Å². The number of rotatable bonds is 5. The molecule has 114 valence electrons. The normalized spacial score (nSPS) is 14.7. The van der Waals surface area contributed by atoms with Crippen molar-refractivity contribution in [2.45, 2.75) is 31.7 Å². The minimum absolute atomic E-state index is 0.279. The van der Waals surface area contributed by atoms with Crippen LogP contribution in [-0.2, 0) is 0 Å². The molecule has 3 rings (SSSR count). The summed E-state index contributed by atoms with van der Waals surface area (Å²) in [6.07, 6.45) is 6.18. The molecule has 1 saturated carbocycles. The molecule has 0 saturated heterocycles. The molecule has 6 nitrogen and oxygen atoms in total. The van der Waals surface area contributed by atoms with Crippen molar-refractivity contribution in [1.29, 1.82) is 0 Å². The van der Waals surface area contributed by atoms with Crippen molar-refractivity contribution in [3.8, 4) is 0 Å². The van der Waals surface area contributed by atoms with E-state index in [9.17, 15) is 4.79 Å². The molecule has 1 amide bonds. The molecular formula is C16H19N5O. The van der Waals surface area contributed by atoms with Crippen molar-refractivity contribution in [1.82, 2.24) is 9.97 Å². The number of nitrogens with zero attached hydrogens (tertiary/aromatic N) is 2. The fourth-order valence-corrected chi connectivity index (χ4v) is 2.64. The van der Waals surface area contributed by atoms with E-state index in [1.165, 1.54) is 19.0 Å². The molecule has 0 radical (unpaired) electrons. The molecule has 1 fully saturated rings. The van der Waals surface area contributed by atoms with Crippen LogP contribution in [0.3, 0.4) is 0 Å². The summed E-state index contributed by atoms with van der Waals surface area (Å²) in [4.78, 5) is 20.2. The van der Waals surface area contributed by atoms with Gasteiger partial charge in [0.2, 0.25) is 5.95 Å². The molecule has 6 heteroatoms. The van der Waals surface area contributed by atoms with Gasteiger partial charge in [-0.1, -0.05) is 31.0 Å². The van der Waals surface area contributed by atoms with Crippen LogP contribution in [0, 0.1) is 0 Å². The second-order valence-corrected chi connectivity index (χ2v) is 5.44. The zero-order valence-corrected chi connectivity index (χ0v) is 12.2. The maximum Gasteiger partial charge on any atom is 0.254 e. The molecule has 1 aliphatic rings. The summed E-state index contributed by atoms with van der Waals surface area (Å²) in [6, 6.07) is 9.95. The van der Waals surface area contributed by atoms with E-state index < -0.39 is 5.91 Å². The summed E-state index contributed by atoms with van der Waals surface area (Å²) in [7, 11) is 0. The number of hydrogen-bond donors (Lipinski definition) is 3. The van der Waals surface area contributed by atoms with Gasteiger partial charge in [-0.2, -0.15) is 4.98 Å². The van der Waals surface area contributed by atoms with Crippen molar-refractivity contribution in [3.05, 3.63) is 42.1 Å². The Morgan fingerprint density at radius 3 is 2.59 bits per heavy atom. The Balaban J connectivity index is 1.85. The van der Waals surface area contributed by atoms with Gasteiger partial charge in [0.25, 0.3) is 5.91 Å². The van der Waals surface area contributed by atoms with E-state index in [-0.39, 0.29) is 5.56 Å². The smallest absolute Gasteiger partial charge is 0.254 e. The lowest BCUT2D eigenvalue weighted by Gasteiger charge is -2.14. The SMILES string of the molecule is NC(=O)c1cnc(NC2CCCC2)nc1Nc1ccccc1. The van der Waals surface area contributed by atoms with Crippen molar-refractivity contribution in [2.24, 2.45) is 5.73 Å². The van der Waals surface area contributed by atoms with Gasteiger partial charge in [0.05, 0.1) is 0 Å². The van der Waals surface area contributed by atoms with Gasteiger partial charge < -0.3 is 16.4 Å². The molecule has 0 aliphatic heterocycles. The average Bonchev–Trinajstić information content (AvgIpc) is 3.01. The Labute approximate surface area is 129 Å². The van der Waals surface area contributed by atoms with Gasteiger partial charge in [-0.3, -0.25) is 4.79 Å². The van der Waals surface area contributed by atoms with Gasteiger partial charge in [0.1, 0.15) is 11.4 Å². The molecule has 1 aromatic heterocycles. The molecule has 4 N–H and O–H groups in total. The van der Waals surface area contributed by atoms with Crippen molar-refractivity contribution < 1.29 is 4.79 Å². The number of amides is 1. The third-order valence-corrected chi connectivity index (χ3v) is 3.78. The number of carbonyl (C=O) groups is 1. The minimum Gasteiger partial charge on any atom is -0.365 e. The van der Waals surface area contributed by atoms with Crippen LogP contribution in [0.2, 0.25) is 0 Å². The standard InChI is InChI=1S/C16H19N5O/c17-14(22)13-10-18-16(20-12-8-4-5-9-12)21-15(13)19-11-6-2-1-3-7-11/h1-3,6-7,10,12H,4-5,8-9H2,(H2,17,22)(H2,18,19,20,21). The third kappa shape index (κ3) is 3.33. The van der Waals surface area contributed by atoms with Crippen molar-refractivity contribution >= 4 is 23.4 Å².